The minimum atomic E-state index is -3.90. The van der Waals surface area contributed by atoms with E-state index in [-0.39, 0.29) is 10.8 Å². The number of thiophene rings is 1. The van der Waals surface area contributed by atoms with E-state index in [1.165, 1.54) is 49.1 Å². The van der Waals surface area contributed by atoms with Crippen LogP contribution in [-0.4, -0.2) is 21.4 Å². The van der Waals surface area contributed by atoms with Gasteiger partial charge in [-0.15, -0.1) is 11.3 Å². The fourth-order valence-electron chi connectivity index (χ4n) is 3.43. The fraction of sp³-hybridized carbons (Fsp3) is 0.292. The lowest BCUT2D eigenvalue weighted by Gasteiger charge is -2.19. The van der Waals surface area contributed by atoms with Gasteiger partial charge in [-0.1, -0.05) is 44.2 Å². The first-order valence-electron chi connectivity index (χ1n) is 10.3. The predicted molar refractivity (Wildman–Crippen MR) is 129 cm³/mol. The number of nitrogens with one attached hydrogen (secondary N) is 2. The van der Waals surface area contributed by atoms with Crippen molar-refractivity contribution < 1.29 is 17.9 Å². The Labute approximate surface area is 193 Å². The zero-order chi connectivity index (χ0) is 23.3. The largest absolute Gasteiger partial charge is 0.495 e. The van der Waals surface area contributed by atoms with Gasteiger partial charge in [-0.3, -0.25) is 4.79 Å². The van der Waals surface area contributed by atoms with Crippen molar-refractivity contribution in [3.63, 3.8) is 0 Å². The zero-order valence-electron chi connectivity index (χ0n) is 18.6. The molecule has 0 saturated heterocycles. The molecule has 0 aliphatic heterocycles. The molecule has 0 unspecified atom stereocenters. The van der Waals surface area contributed by atoms with Crippen LogP contribution in [0.3, 0.4) is 0 Å². The highest BCUT2D eigenvalue weighted by Gasteiger charge is 2.25. The van der Waals surface area contributed by atoms with Crippen LogP contribution in [-0.2, 0) is 21.2 Å². The number of carbonyl (C=O) groups is 1. The Morgan fingerprint density at radius 2 is 1.81 bits per heavy atom. The summed E-state index contributed by atoms with van der Waals surface area (Å²) in [6.07, 6.45) is 0.966. The minimum absolute atomic E-state index is 0.0417. The number of carbonyl (C=O) groups excluding carboxylic acids is 1. The number of hydrogen-bond donors (Lipinski definition) is 2. The quantitative estimate of drug-likeness (QED) is 0.460. The van der Waals surface area contributed by atoms with E-state index in [1.54, 1.807) is 0 Å². The molecular formula is C24H28N2O4S2. The summed E-state index contributed by atoms with van der Waals surface area (Å²) in [6.45, 7) is 5.69. The van der Waals surface area contributed by atoms with E-state index in [9.17, 15) is 13.2 Å². The van der Waals surface area contributed by atoms with Crippen LogP contribution in [0.25, 0.3) is 0 Å². The number of ether oxygens (including phenoxy) is 1. The summed E-state index contributed by atoms with van der Waals surface area (Å²) in [6, 6.07) is 15.7. The maximum Gasteiger partial charge on any atom is 0.241 e. The second-order valence-corrected chi connectivity index (χ2v) is 10.6. The van der Waals surface area contributed by atoms with Crippen molar-refractivity contribution >= 4 is 33.0 Å². The summed E-state index contributed by atoms with van der Waals surface area (Å²) < 4.78 is 34.7. The van der Waals surface area contributed by atoms with E-state index in [0.29, 0.717) is 17.4 Å². The molecule has 170 valence electrons. The predicted octanol–water partition coefficient (Wildman–Crippen LogP) is 4.98. The van der Waals surface area contributed by atoms with E-state index >= 15 is 0 Å². The lowest BCUT2D eigenvalue weighted by atomic mass is 9.99. The van der Waals surface area contributed by atoms with Gasteiger partial charge in [-0.25, -0.2) is 8.42 Å². The van der Waals surface area contributed by atoms with Crippen LogP contribution in [0.5, 0.6) is 5.75 Å². The molecule has 6 nitrogen and oxygen atoms in total. The van der Waals surface area contributed by atoms with Gasteiger partial charge in [0, 0.05) is 11.8 Å². The molecule has 2 aromatic carbocycles. The Hall–Kier alpha value is -2.68. The number of benzene rings is 2. The highest BCUT2D eigenvalue weighted by atomic mass is 32.2. The van der Waals surface area contributed by atoms with Crippen LogP contribution in [0.2, 0.25) is 0 Å². The number of methoxy groups -OCH3 is 1. The highest BCUT2D eigenvalue weighted by molar-refractivity contribution is 7.89. The van der Waals surface area contributed by atoms with Crippen molar-refractivity contribution in [2.24, 2.45) is 5.92 Å². The second-order valence-electron chi connectivity index (χ2n) is 7.95. The molecule has 1 atom stereocenters. The molecule has 0 aliphatic carbocycles. The molecule has 1 amide bonds. The first kappa shape index (κ1) is 24.0. The van der Waals surface area contributed by atoms with Crippen molar-refractivity contribution in [3.8, 4) is 5.75 Å². The van der Waals surface area contributed by atoms with Gasteiger partial charge in [0.05, 0.1) is 23.7 Å². The van der Waals surface area contributed by atoms with Gasteiger partial charge >= 0.3 is 0 Å². The molecule has 0 fully saturated rings. The molecule has 3 aromatic rings. The standard InChI is InChI=1S/C24H28N2O4S2/c1-16(2)14-18-7-9-19(10-8-18)24(23-6-5-13-31-23)26-32(28,29)20-11-12-22(30-4)21(15-20)25-17(3)27/h5-13,15-16,24,26H,14H2,1-4H3,(H,25,27)/t24-/m1/s1. The van der Waals surface area contributed by atoms with E-state index in [1.807, 2.05) is 41.8 Å². The molecular weight excluding hydrogens is 444 g/mol. The van der Waals surface area contributed by atoms with Gasteiger partial charge < -0.3 is 10.1 Å². The summed E-state index contributed by atoms with van der Waals surface area (Å²) >= 11 is 1.49. The lowest BCUT2D eigenvalue weighted by Crippen LogP contribution is -2.29. The first-order valence-corrected chi connectivity index (χ1v) is 12.7. The Balaban J connectivity index is 1.95. The smallest absolute Gasteiger partial charge is 0.241 e. The Morgan fingerprint density at radius 3 is 2.38 bits per heavy atom. The van der Waals surface area contributed by atoms with Crippen LogP contribution in [0, 0.1) is 5.92 Å². The third kappa shape index (κ3) is 5.97. The average Bonchev–Trinajstić information content (AvgIpc) is 3.26. The molecule has 3 rings (SSSR count). The maximum atomic E-state index is 13.3. The summed E-state index contributed by atoms with van der Waals surface area (Å²) in [5, 5.41) is 4.54. The maximum absolute atomic E-state index is 13.3. The minimum Gasteiger partial charge on any atom is -0.495 e. The van der Waals surface area contributed by atoms with Crippen LogP contribution in [0.4, 0.5) is 5.69 Å². The topological polar surface area (TPSA) is 84.5 Å². The van der Waals surface area contributed by atoms with Gasteiger partial charge in [0.15, 0.2) is 0 Å². The Morgan fingerprint density at radius 1 is 1.09 bits per heavy atom. The van der Waals surface area contributed by atoms with Crippen molar-refractivity contribution in [2.45, 2.75) is 38.1 Å². The van der Waals surface area contributed by atoms with E-state index < -0.39 is 16.1 Å². The number of anilines is 1. The molecule has 32 heavy (non-hydrogen) atoms. The SMILES string of the molecule is COc1ccc(S(=O)(=O)N[C@H](c2ccc(CC(C)C)cc2)c2cccs2)cc1NC(C)=O. The third-order valence-electron chi connectivity index (χ3n) is 4.85. The molecule has 0 saturated carbocycles. The number of amides is 1. The molecule has 1 aromatic heterocycles. The Bertz CT molecular complexity index is 1160. The summed E-state index contributed by atoms with van der Waals surface area (Å²) in [7, 11) is -2.44. The van der Waals surface area contributed by atoms with Crippen LogP contribution in [0.15, 0.2) is 64.9 Å². The van der Waals surface area contributed by atoms with Crippen LogP contribution >= 0.6 is 11.3 Å². The molecule has 0 radical (unpaired) electrons. The van der Waals surface area contributed by atoms with E-state index in [4.69, 9.17) is 4.74 Å². The van der Waals surface area contributed by atoms with Crippen molar-refractivity contribution in [2.75, 3.05) is 12.4 Å². The van der Waals surface area contributed by atoms with Crippen molar-refractivity contribution in [1.82, 2.24) is 4.72 Å². The van der Waals surface area contributed by atoms with Crippen LogP contribution < -0.4 is 14.8 Å². The molecule has 2 N–H and O–H groups in total. The zero-order valence-corrected chi connectivity index (χ0v) is 20.2. The second kappa shape index (κ2) is 10.3. The Kier molecular flexibility index (Phi) is 7.71. The normalized spacial score (nSPS) is 12.5. The molecule has 0 aliphatic rings. The summed E-state index contributed by atoms with van der Waals surface area (Å²) in [4.78, 5) is 12.5. The molecule has 8 heteroatoms. The lowest BCUT2D eigenvalue weighted by molar-refractivity contribution is -0.114. The molecule has 0 bridgehead atoms. The van der Waals surface area contributed by atoms with Crippen molar-refractivity contribution in [1.29, 1.82) is 0 Å². The number of hydrogen-bond acceptors (Lipinski definition) is 5. The average molecular weight is 473 g/mol. The highest BCUT2D eigenvalue weighted by Crippen LogP contribution is 2.31. The summed E-state index contributed by atoms with van der Waals surface area (Å²) in [5.74, 6) is 0.610. The molecule has 1 heterocycles. The van der Waals surface area contributed by atoms with Gasteiger partial charge in [0.2, 0.25) is 15.9 Å². The van der Waals surface area contributed by atoms with E-state index in [2.05, 4.69) is 23.9 Å². The van der Waals surface area contributed by atoms with E-state index in [0.717, 1.165) is 16.9 Å². The summed E-state index contributed by atoms with van der Waals surface area (Å²) in [5.41, 5.74) is 2.37. The molecule has 0 spiro atoms. The monoisotopic (exact) mass is 472 g/mol. The first-order chi connectivity index (χ1) is 15.2. The van der Waals surface area contributed by atoms with Gasteiger partial charge in [-0.2, -0.15) is 4.72 Å². The number of sulfonamides is 1. The van der Waals surface area contributed by atoms with Gasteiger partial charge in [-0.05, 0) is 53.1 Å². The van der Waals surface area contributed by atoms with Crippen molar-refractivity contribution in [3.05, 3.63) is 76.0 Å². The van der Waals surface area contributed by atoms with Gasteiger partial charge in [0.1, 0.15) is 5.75 Å². The van der Waals surface area contributed by atoms with Gasteiger partial charge in [0.25, 0.3) is 0 Å². The third-order valence-corrected chi connectivity index (χ3v) is 7.21. The number of rotatable bonds is 9. The fourth-order valence-corrected chi connectivity index (χ4v) is 5.53. The van der Waals surface area contributed by atoms with Crippen LogP contribution in [0.1, 0.15) is 42.8 Å².